The Kier molecular flexibility index (Phi) is 5.92. The highest BCUT2D eigenvalue weighted by Crippen LogP contribution is 2.29. The predicted octanol–water partition coefficient (Wildman–Crippen LogP) is 1.51. The Morgan fingerprint density at radius 1 is 1.00 bits per heavy atom. The van der Waals surface area contributed by atoms with Crippen LogP contribution in [0.15, 0.2) is 4.90 Å². The van der Waals surface area contributed by atoms with E-state index in [4.69, 9.17) is 4.74 Å². The van der Waals surface area contributed by atoms with Crippen LogP contribution in [-0.2, 0) is 14.8 Å². The fourth-order valence-corrected chi connectivity index (χ4v) is 4.07. The van der Waals surface area contributed by atoms with Crippen LogP contribution in [0.3, 0.4) is 0 Å². The molecule has 0 aliphatic carbocycles. The van der Waals surface area contributed by atoms with Gasteiger partial charge < -0.3 is 9.84 Å². The summed E-state index contributed by atoms with van der Waals surface area (Å²) in [4.78, 5) is 0.313. The lowest BCUT2D eigenvalue weighted by atomic mass is 9.95. The number of hydrogen-bond donors (Lipinski definition) is 2. The summed E-state index contributed by atoms with van der Waals surface area (Å²) >= 11 is 0. The molecule has 1 atom stereocenters. The smallest absolute Gasteiger partial charge is 0.241 e. The Hall–Kier alpha value is -0.950. The molecule has 0 spiro atoms. The number of methoxy groups -OCH3 is 1. The predicted molar refractivity (Wildman–Crippen MR) is 83.2 cm³/mol. The Balaban J connectivity index is 3.21. The SMILES string of the molecule is COCC(O)CNS(=O)(=O)c1c(C)c(C)c(C)c(C)c1C. The number of rotatable bonds is 6. The zero-order chi connectivity index (χ0) is 16.4. The van der Waals surface area contributed by atoms with E-state index < -0.39 is 16.1 Å². The fraction of sp³-hybridized carbons (Fsp3) is 0.600. The first kappa shape index (κ1) is 18.1. The highest BCUT2D eigenvalue weighted by molar-refractivity contribution is 7.89. The van der Waals surface area contributed by atoms with Crippen molar-refractivity contribution >= 4 is 10.0 Å². The first-order valence-corrected chi connectivity index (χ1v) is 8.35. The molecule has 1 unspecified atom stereocenters. The third-order valence-electron chi connectivity index (χ3n) is 4.07. The van der Waals surface area contributed by atoms with Gasteiger partial charge in [0.2, 0.25) is 10.0 Å². The van der Waals surface area contributed by atoms with Gasteiger partial charge in [-0.05, 0) is 62.4 Å². The summed E-state index contributed by atoms with van der Waals surface area (Å²) < 4.78 is 32.3. The van der Waals surface area contributed by atoms with Gasteiger partial charge in [0.05, 0.1) is 17.6 Å². The van der Waals surface area contributed by atoms with Gasteiger partial charge >= 0.3 is 0 Å². The molecule has 1 aromatic carbocycles. The second-order valence-electron chi connectivity index (χ2n) is 5.42. The quantitative estimate of drug-likeness (QED) is 0.834. The lowest BCUT2D eigenvalue weighted by molar-refractivity contribution is 0.0679. The summed E-state index contributed by atoms with van der Waals surface area (Å²) in [5, 5.41) is 9.60. The minimum atomic E-state index is -3.66. The van der Waals surface area contributed by atoms with Gasteiger partial charge in [-0.15, -0.1) is 0 Å². The molecule has 2 N–H and O–H groups in total. The summed E-state index contributed by atoms with van der Waals surface area (Å²) in [5.74, 6) is 0. The molecule has 0 saturated carbocycles. The van der Waals surface area contributed by atoms with Gasteiger partial charge in [0.15, 0.2) is 0 Å². The Morgan fingerprint density at radius 3 is 1.86 bits per heavy atom. The highest BCUT2D eigenvalue weighted by Gasteiger charge is 2.24. The van der Waals surface area contributed by atoms with Crippen LogP contribution < -0.4 is 4.72 Å². The van der Waals surface area contributed by atoms with E-state index in [1.165, 1.54) is 7.11 Å². The molecular formula is C15H25NO4S. The van der Waals surface area contributed by atoms with Crippen LogP contribution in [0.4, 0.5) is 0 Å². The van der Waals surface area contributed by atoms with Gasteiger partial charge in [0.25, 0.3) is 0 Å². The van der Waals surface area contributed by atoms with E-state index in [9.17, 15) is 13.5 Å². The minimum Gasteiger partial charge on any atom is -0.389 e. The van der Waals surface area contributed by atoms with E-state index in [1.54, 1.807) is 0 Å². The average molecular weight is 315 g/mol. The molecule has 0 saturated heterocycles. The highest BCUT2D eigenvalue weighted by atomic mass is 32.2. The van der Waals surface area contributed by atoms with E-state index in [2.05, 4.69) is 4.72 Å². The maximum absolute atomic E-state index is 12.5. The molecule has 0 fully saturated rings. The number of aliphatic hydroxyl groups excluding tert-OH is 1. The van der Waals surface area contributed by atoms with Gasteiger partial charge in [-0.3, -0.25) is 0 Å². The van der Waals surface area contributed by atoms with Crippen molar-refractivity contribution in [2.24, 2.45) is 0 Å². The lowest BCUT2D eigenvalue weighted by Crippen LogP contribution is -2.35. The van der Waals surface area contributed by atoms with Crippen molar-refractivity contribution in [2.45, 2.75) is 45.6 Å². The Labute approximate surface area is 127 Å². The van der Waals surface area contributed by atoms with Crippen LogP contribution in [0, 0.1) is 34.6 Å². The minimum absolute atomic E-state index is 0.0684. The second kappa shape index (κ2) is 6.87. The first-order valence-electron chi connectivity index (χ1n) is 6.87. The van der Waals surface area contributed by atoms with Crippen LogP contribution in [0.1, 0.15) is 27.8 Å². The largest absolute Gasteiger partial charge is 0.389 e. The summed E-state index contributed by atoms with van der Waals surface area (Å²) in [6.07, 6.45) is -0.863. The van der Waals surface area contributed by atoms with E-state index in [0.717, 1.165) is 27.8 Å². The molecule has 1 aromatic rings. The molecule has 0 bridgehead atoms. The molecular weight excluding hydrogens is 290 g/mol. The topological polar surface area (TPSA) is 75.6 Å². The zero-order valence-electron chi connectivity index (χ0n) is 13.6. The number of ether oxygens (including phenoxy) is 1. The van der Waals surface area contributed by atoms with Crippen molar-refractivity contribution in [2.75, 3.05) is 20.3 Å². The standard InChI is InChI=1S/C15H25NO4S/c1-9-10(2)12(4)15(13(5)11(9)3)21(18,19)16-7-14(17)8-20-6/h14,16-17H,7-8H2,1-6H3. The van der Waals surface area contributed by atoms with Crippen LogP contribution in [0.5, 0.6) is 0 Å². The molecule has 0 aliphatic heterocycles. The summed E-state index contributed by atoms with van der Waals surface area (Å²) in [7, 11) is -2.21. The molecule has 21 heavy (non-hydrogen) atoms. The summed E-state index contributed by atoms with van der Waals surface area (Å²) in [5.41, 5.74) is 4.59. The number of hydrogen-bond acceptors (Lipinski definition) is 4. The van der Waals surface area contributed by atoms with E-state index in [1.807, 2.05) is 34.6 Å². The van der Waals surface area contributed by atoms with Crippen LogP contribution in [0.25, 0.3) is 0 Å². The second-order valence-corrected chi connectivity index (χ2v) is 7.12. The normalized spacial score (nSPS) is 13.5. The molecule has 0 aromatic heterocycles. The molecule has 120 valence electrons. The molecule has 5 nitrogen and oxygen atoms in total. The fourth-order valence-electron chi connectivity index (χ4n) is 2.40. The van der Waals surface area contributed by atoms with Gasteiger partial charge in [0, 0.05) is 13.7 Å². The number of nitrogens with one attached hydrogen (secondary N) is 1. The van der Waals surface area contributed by atoms with Crippen molar-refractivity contribution in [1.29, 1.82) is 0 Å². The van der Waals surface area contributed by atoms with Crippen LogP contribution in [-0.4, -0.2) is 39.9 Å². The van der Waals surface area contributed by atoms with Gasteiger partial charge in [-0.2, -0.15) is 0 Å². The van der Waals surface area contributed by atoms with E-state index in [-0.39, 0.29) is 13.2 Å². The number of benzene rings is 1. The van der Waals surface area contributed by atoms with Crippen molar-refractivity contribution < 1.29 is 18.3 Å². The van der Waals surface area contributed by atoms with Crippen molar-refractivity contribution in [3.05, 3.63) is 27.8 Å². The van der Waals surface area contributed by atoms with Crippen LogP contribution >= 0.6 is 0 Å². The van der Waals surface area contributed by atoms with Crippen LogP contribution in [0.2, 0.25) is 0 Å². The molecule has 0 aliphatic rings. The maximum Gasteiger partial charge on any atom is 0.241 e. The first-order chi connectivity index (χ1) is 9.63. The summed E-state index contributed by atoms with van der Waals surface area (Å²) in [6.45, 7) is 9.50. The van der Waals surface area contributed by atoms with E-state index >= 15 is 0 Å². The maximum atomic E-state index is 12.5. The van der Waals surface area contributed by atoms with Crippen molar-refractivity contribution in [1.82, 2.24) is 4.72 Å². The molecule has 0 radical (unpaired) electrons. The third-order valence-corrected chi connectivity index (χ3v) is 5.76. The Morgan fingerprint density at radius 2 is 1.43 bits per heavy atom. The number of sulfonamides is 1. The zero-order valence-corrected chi connectivity index (χ0v) is 14.4. The molecule has 0 heterocycles. The Bertz CT molecular complexity index is 594. The van der Waals surface area contributed by atoms with Crippen molar-refractivity contribution in [3.8, 4) is 0 Å². The summed E-state index contributed by atoms with van der Waals surface area (Å²) in [6, 6.07) is 0. The van der Waals surface area contributed by atoms with Gasteiger partial charge in [-0.1, -0.05) is 0 Å². The average Bonchev–Trinajstić information content (AvgIpc) is 2.41. The van der Waals surface area contributed by atoms with Gasteiger partial charge in [-0.25, -0.2) is 13.1 Å². The monoisotopic (exact) mass is 315 g/mol. The number of aliphatic hydroxyl groups is 1. The lowest BCUT2D eigenvalue weighted by Gasteiger charge is -2.19. The van der Waals surface area contributed by atoms with Crippen molar-refractivity contribution in [3.63, 3.8) is 0 Å². The van der Waals surface area contributed by atoms with E-state index in [0.29, 0.717) is 4.90 Å². The molecule has 1 rings (SSSR count). The molecule has 6 heteroatoms. The molecule has 0 amide bonds. The third kappa shape index (κ3) is 3.83. The van der Waals surface area contributed by atoms with Gasteiger partial charge in [0.1, 0.15) is 0 Å².